The molecule has 218 valence electrons. The van der Waals surface area contributed by atoms with Crippen molar-refractivity contribution >= 4 is 38.5 Å². The molecule has 4 aromatic rings. The fraction of sp³-hybridized carbons (Fsp3) is 0.250. The van der Waals surface area contributed by atoms with Gasteiger partial charge in [0.25, 0.3) is 0 Å². The fourth-order valence-electron chi connectivity index (χ4n) is 4.57. The van der Waals surface area contributed by atoms with Crippen molar-refractivity contribution in [2.24, 2.45) is 0 Å². The van der Waals surface area contributed by atoms with Crippen LogP contribution in [0.2, 0.25) is 5.02 Å². The highest BCUT2D eigenvalue weighted by Gasteiger charge is 2.35. The summed E-state index contributed by atoms with van der Waals surface area (Å²) in [5.74, 6) is -1.21. The molecule has 0 aliphatic heterocycles. The van der Waals surface area contributed by atoms with Crippen molar-refractivity contribution in [1.82, 2.24) is 14.6 Å². The minimum absolute atomic E-state index is 0.0303. The maximum atomic E-state index is 12.7. The Hall–Kier alpha value is -3.42. The molecule has 0 saturated carbocycles. The zero-order valence-corrected chi connectivity index (χ0v) is 23.3. The van der Waals surface area contributed by atoms with Crippen molar-refractivity contribution in [3.63, 3.8) is 0 Å². The number of carboxylic acid groups (broad SMARTS) is 1. The summed E-state index contributed by atoms with van der Waals surface area (Å²) in [7, 11) is -4.86. The summed E-state index contributed by atoms with van der Waals surface area (Å²) in [4.78, 5) is 11.4. The summed E-state index contributed by atoms with van der Waals surface area (Å²) >= 11 is 6.00. The summed E-state index contributed by atoms with van der Waals surface area (Å²) < 4.78 is 64.3. The molecule has 4 rings (SSSR count). The van der Waals surface area contributed by atoms with Gasteiger partial charge in [-0.2, -0.15) is 13.2 Å². The third kappa shape index (κ3) is 7.86. The highest BCUT2D eigenvalue weighted by molar-refractivity contribution is 7.89. The number of carboxylic acids is 1. The maximum Gasteiger partial charge on any atom is 0.470 e. The van der Waals surface area contributed by atoms with Gasteiger partial charge in [0.15, 0.2) is 0 Å². The second-order valence-corrected chi connectivity index (χ2v) is 11.8. The zero-order chi connectivity index (χ0) is 29.9. The van der Waals surface area contributed by atoms with E-state index < -0.39 is 33.3 Å². The predicted octanol–water partition coefficient (Wildman–Crippen LogP) is 5.09. The number of aliphatic hydroxyl groups excluding tert-OH is 1. The molecule has 0 spiro atoms. The topological polar surface area (TPSA) is 121 Å². The first kappa shape index (κ1) is 30.5. The number of halogens is 4. The number of hydrogen-bond acceptors (Lipinski definition) is 5. The average Bonchev–Trinajstić information content (AvgIpc) is 3.24. The molecule has 1 aromatic heterocycles. The van der Waals surface area contributed by atoms with Crippen LogP contribution < -0.4 is 10.0 Å². The SMILES string of the molecule is CC(Cc1ccc2c(c1)cc(C(=O)O)n2Cc1cccc(S(=O)(=O)NC(F)(F)F)c1)NCC(O)c1cccc(Cl)c1. The largest absolute Gasteiger partial charge is 0.477 e. The molecule has 2 atom stereocenters. The Kier molecular flexibility index (Phi) is 9.10. The Morgan fingerprint density at radius 3 is 2.44 bits per heavy atom. The lowest BCUT2D eigenvalue weighted by molar-refractivity contribution is -0.138. The Bertz CT molecular complexity index is 1670. The van der Waals surface area contributed by atoms with Gasteiger partial charge in [-0.15, -0.1) is 4.72 Å². The molecule has 0 fully saturated rings. The van der Waals surface area contributed by atoms with Crippen LogP contribution in [0.1, 0.15) is 40.2 Å². The molecule has 0 radical (unpaired) electrons. The van der Waals surface area contributed by atoms with E-state index in [1.807, 2.05) is 19.1 Å². The van der Waals surface area contributed by atoms with Gasteiger partial charge in [-0.25, -0.2) is 13.2 Å². The minimum Gasteiger partial charge on any atom is -0.477 e. The molecule has 41 heavy (non-hydrogen) atoms. The number of aliphatic hydroxyl groups is 1. The first-order chi connectivity index (χ1) is 19.2. The highest BCUT2D eigenvalue weighted by Crippen LogP contribution is 2.25. The van der Waals surface area contributed by atoms with Crippen molar-refractivity contribution in [3.05, 3.63) is 100 Å². The second-order valence-electron chi connectivity index (χ2n) is 9.65. The molecule has 0 aliphatic rings. The van der Waals surface area contributed by atoms with Gasteiger partial charge in [0, 0.05) is 35.1 Å². The molecule has 0 saturated heterocycles. The van der Waals surface area contributed by atoms with Gasteiger partial charge in [-0.1, -0.05) is 41.9 Å². The number of benzene rings is 3. The molecular weight excluding hydrogens is 583 g/mol. The third-order valence-electron chi connectivity index (χ3n) is 6.42. The molecule has 0 amide bonds. The first-order valence-corrected chi connectivity index (χ1v) is 14.3. The summed E-state index contributed by atoms with van der Waals surface area (Å²) in [5.41, 5.74) is 2.41. The smallest absolute Gasteiger partial charge is 0.470 e. The van der Waals surface area contributed by atoms with E-state index in [4.69, 9.17) is 11.6 Å². The van der Waals surface area contributed by atoms with Gasteiger partial charge in [-0.3, -0.25) is 0 Å². The molecule has 1 heterocycles. The van der Waals surface area contributed by atoms with Gasteiger partial charge >= 0.3 is 12.3 Å². The van der Waals surface area contributed by atoms with Gasteiger partial charge in [0.2, 0.25) is 10.0 Å². The number of nitrogens with zero attached hydrogens (tertiary/aromatic N) is 1. The second kappa shape index (κ2) is 12.2. The van der Waals surface area contributed by atoms with E-state index >= 15 is 0 Å². The van der Waals surface area contributed by atoms with Crippen LogP contribution in [0, 0.1) is 0 Å². The molecule has 0 aliphatic carbocycles. The summed E-state index contributed by atoms with van der Waals surface area (Å²) in [6, 6.07) is 18.8. The molecule has 2 unspecified atom stereocenters. The number of carbonyl (C=O) groups is 1. The van der Waals surface area contributed by atoms with E-state index in [1.54, 1.807) is 30.3 Å². The van der Waals surface area contributed by atoms with Crippen LogP contribution in [0.25, 0.3) is 10.9 Å². The number of nitrogens with one attached hydrogen (secondary N) is 2. The molecular formula is C28H27ClF3N3O5S. The minimum atomic E-state index is -5.14. The summed E-state index contributed by atoms with van der Waals surface area (Å²) in [5, 5.41) is 24.7. The zero-order valence-electron chi connectivity index (χ0n) is 21.7. The van der Waals surface area contributed by atoms with Crippen molar-refractivity contribution in [3.8, 4) is 0 Å². The van der Waals surface area contributed by atoms with E-state index in [0.29, 0.717) is 44.7 Å². The van der Waals surface area contributed by atoms with Crippen LogP contribution in [0.4, 0.5) is 13.2 Å². The lowest BCUT2D eigenvalue weighted by Crippen LogP contribution is -2.37. The van der Waals surface area contributed by atoms with Crippen LogP contribution in [-0.4, -0.2) is 48.1 Å². The van der Waals surface area contributed by atoms with Gasteiger partial charge in [0.05, 0.1) is 11.0 Å². The van der Waals surface area contributed by atoms with E-state index in [-0.39, 0.29) is 18.3 Å². The number of sulfonamides is 1. The van der Waals surface area contributed by atoms with Crippen LogP contribution >= 0.6 is 11.6 Å². The Labute approximate surface area is 239 Å². The quantitative estimate of drug-likeness (QED) is 0.176. The molecule has 8 nitrogen and oxygen atoms in total. The van der Waals surface area contributed by atoms with E-state index in [0.717, 1.165) is 17.7 Å². The van der Waals surface area contributed by atoms with Crippen molar-refractivity contribution < 1.29 is 36.6 Å². The fourth-order valence-corrected chi connectivity index (χ4v) is 5.76. The first-order valence-electron chi connectivity index (χ1n) is 12.4. The normalized spacial score (nSPS) is 13.8. The van der Waals surface area contributed by atoms with Gasteiger partial charge in [0.1, 0.15) is 5.69 Å². The Balaban J connectivity index is 1.52. The number of rotatable bonds is 11. The van der Waals surface area contributed by atoms with E-state index in [9.17, 15) is 36.6 Å². The summed E-state index contributed by atoms with van der Waals surface area (Å²) in [6.07, 6.45) is -5.30. The van der Waals surface area contributed by atoms with Crippen LogP contribution in [-0.2, 0) is 23.0 Å². The molecule has 4 N–H and O–H groups in total. The monoisotopic (exact) mass is 609 g/mol. The number of hydrogen-bond donors (Lipinski definition) is 4. The number of alkyl halides is 3. The lowest BCUT2D eigenvalue weighted by atomic mass is 10.0. The highest BCUT2D eigenvalue weighted by atomic mass is 35.5. The van der Waals surface area contributed by atoms with Crippen LogP contribution in [0.3, 0.4) is 0 Å². The Morgan fingerprint density at radius 2 is 1.76 bits per heavy atom. The molecule has 13 heteroatoms. The van der Waals surface area contributed by atoms with Crippen LogP contribution in [0.15, 0.2) is 77.7 Å². The predicted molar refractivity (Wildman–Crippen MR) is 148 cm³/mol. The lowest BCUT2D eigenvalue weighted by Gasteiger charge is -2.18. The van der Waals surface area contributed by atoms with E-state index in [1.165, 1.54) is 22.8 Å². The third-order valence-corrected chi connectivity index (χ3v) is 8.03. The van der Waals surface area contributed by atoms with Crippen molar-refractivity contribution in [2.45, 2.75) is 43.2 Å². The molecule has 0 bridgehead atoms. The Morgan fingerprint density at radius 1 is 1.02 bits per heavy atom. The number of aromatic carboxylic acids is 1. The summed E-state index contributed by atoms with van der Waals surface area (Å²) in [6.45, 7) is 2.17. The van der Waals surface area contributed by atoms with Crippen molar-refractivity contribution in [2.75, 3.05) is 6.54 Å². The van der Waals surface area contributed by atoms with E-state index in [2.05, 4.69) is 5.32 Å². The standard InChI is InChI=1S/C28H27ClF3N3O5S/c1-17(33-15-26(36)20-5-3-6-22(29)13-20)10-18-8-9-24-21(11-18)14-25(27(37)38)35(24)16-19-4-2-7-23(12-19)41(39,40)34-28(30,31)32/h2-9,11-14,17,26,33-34,36H,10,15-16H2,1H3,(H,37,38). The van der Waals surface area contributed by atoms with Gasteiger partial charge < -0.3 is 20.1 Å². The average molecular weight is 610 g/mol. The van der Waals surface area contributed by atoms with Crippen LogP contribution in [0.5, 0.6) is 0 Å². The number of aromatic nitrogens is 1. The molecule has 3 aromatic carbocycles. The van der Waals surface area contributed by atoms with Gasteiger partial charge in [-0.05, 0) is 72.5 Å². The number of fused-ring (bicyclic) bond motifs is 1. The van der Waals surface area contributed by atoms with Crippen molar-refractivity contribution in [1.29, 1.82) is 0 Å². The maximum absolute atomic E-state index is 12.7.